The molecule has 1 heterocycles. The van der Waals surface area contributed by atoms with E-state index in [9.17, 15) is 14.4 Å². The molecule has 0 radical (unpaired) electrons. The molecule has 1 aromatic rings. The molecule has 2 aliphatic rings. The van der Waals surface area contributed by atoms with Crippen molar-refractivity contribution in [3.05, 3.63) is 28.0 Å². The van der Waals surface area contributed by atoms with Gasteiger partial charge < -0.3 is 15.2 Å². The SMILES string of the molecule is CC(=O)c1ccc(=O)n(COCC(NC2CCCCC2)C(=O)OC2CCCC2)c1N. The van der Waals surface area contributed by atoms with Gasteiger partial charge in [0.15, 0.2) is 5.78 Å². The maximum Gasteiger partial charge on any atom is 0.325 e. The summed E-state index contributed by atoms with van der Waals surface area (Å²) in [6.07, 6.45) is 9.55. The highest BCUT2D eigenvalue weighted by atomic mass is 16.5. The van der Waals surface area contributed by atoms with Crippen LogP contribution in [-0.2, 0) is 21.0 Å². The predicted molar refractivity (Wildman–Crippen MR) is 113 cm³/mol. The fourth-order valence-corrected chi connectivity index (χ4v) is 4.28. The van der Waals surface area contributed by atoms with Crippen LogP contribution in [0, 0.1) is 0 Å². The fourth-order valence-electron chi connectivity index (χ4n) is 4.28. The molecular formula is C22H33N3O5. The van der Waals surface area contributed by atoms with Crippen molar-refractivity contribution in [3.8, 4) is 0 Å². The molecule has 0 saturated heterocycles. The summed E-state index contributed by atoms with van der Waals surface area (Å²) in [6.45, 7) is 1.33. The second-order valence-electron chi connectivity index (χ2n) is 8.35. The molecule has 1 aromatic heterocycles. The zero-order valence-corrected chi connectivity index (χ0v) is 17.7. The normalized spacial score (nSPS) is 19.0. The number of pyridine rings is 1. The lowest BCUT2D eigenvalue weighted by Crippen LogP contribution is -2.48. The molecule has 8 heteroatoms. The number of ether oxygens (including phenoxy) is 2. The molecule has 166 valence electrons. The molecule has 2 saturated carbocycles. The Hall–Kier alpha value is -2.19. The van der Waals surface area contributed by atoms with Crippen molar-refractivity contribution < 1.29 is 19.1 Å². The maximum atomic E-state index is 12.8. The van der Waals surface area contributed by atoms with Crippen LogP contribution in [0.25, 0.3) is 0 Å². The molecule has 0 bridgehead atoms. The standard InChI is InChI=1S/C22H33N3O5/c1-15(26)18-11-12-20(27)25(21(18)23)14-29-13-19(24-16-7-3-2-4-8-16)22(28)30-17-9-5-6-10-17/h11-12,16-17,19,24H,2-10,13-14,23H2,1H3. The topological polar surface area (TPSA) is 113 Å². The smallest absolute Gasteiger partial charge is 0.325 e. The van der Waals surface area contributed by atoms with Crippen LogP contribution in [0.3, 0.4) is 0 Å². The Morgan fingerprint density at radius 3 is 2.47 bits per heavy atom. The summed E-state index contributed by atoms with van der Waals surface area (Å²) >= 11 is 0. The molecule has 0 amide bonds. The van der Waals surface area contributed by atoms with Gasteiger partial charge in [-0.1, -0.05) is 19.3 Å². The van der Waals surface area contributed by atoms with Crippen LogP contribution in [-0.4, -0.2) is 41.1 Å². The van der Waals surface area contributed by atoms with Gasteiger partial charge in [-0.15, -0.1) is 0 Å². The summed E-state index contributed by atoms with van der Waals surface area (Å²) in [5.41, 5.74) is 5.89. The lowest BCUT2D eigenvalue weighted by Gasteiger charge is -2.28. The lowest BCUT2D eigenvalue weighted by atomic mass is 9.95. The molecule has 2 fully saturated rings. The van der Waals surface area contributed by atoms with Gasteiger partial charge in [-0.3, -0.25) is 24.3 Å². The van der Waals surface area contributed by atoms with E-state index in [0.29, 0.717) is 0 Å². The largest absolute Gasteiger partial charge is 0.461 e. The number of nitrogen functional groups attached to an aromatic ring is 1. The van der Waals surface area contributed by atoms with Gasteiger partial charge in [0.2, 0.25) is 0 Å². The molecule has 3 rings (SSSR count). The Bertz CT molecular complexity index is 794. The molecule has 1 atom stereocenters. The van der Waals surface area contributed by atoms with E-state index in [0.717, 1.165) is 51.4 Å². The van der Waals surface area contributed by atoms with Crippen molar-refractivity contribution in [1.29, 1.82) is 0 Å². The van der Waals surface area contributed by atoms with Gasteiger partial charge in [-0.05, 0) is 51.5 Å². The number of aromatic nitrogens is 1. The highest BCUT2D eigenvalue weighted by Gasteiger charge is 2.28. The van der Waals surface area contributed by atoms with Crippen LogP contribution in [0.15, 0.2) is 16.9 Å². The van der Waals surface area contributed by atoms with E-state index in [1.165, 1.54) is 30.0 Å². The minimum Gasteiger partial charge on any atom is -0.461 e. The van der Waals surface area contributed by atoms with Gasteiger partial charge in [-0.2, -0.15) is 0 Å². The molecule has 0 aromatic carbocycles. The number of nitrogens with one attached hydrogen (secondary N) is 1. The average Bonchev–Trinajstić information content (AvgIpc) is 3.23. The van der Waals surface area contributed by atoms with Crippen molar-refractivity contribution >= 4 is 17.6 Å². The van der Waals surface area contributed by atoms with Crippen LogP contribution >= 0.6 is 0 Å². The molecule has 3 N–H and O–H groups in total. The van der Waals surface area contributed by atoms with Crippen LogP contribution < -0.4 is 16.6 Å². The third-order valence-electron chi connectivity index (χ3n) is 6.02. The summed E-state index contributed by atoms with van der Waals surface area (Å²) in [4.78, 5) is 36.6. The Morgan fingerprint density at radius 1 is 1.13 bits per heavy atom. The zero-order valence-electron chi connectivity index (χ0n) is 17.7. The van der Waals surface area contributed by atoms with E-state index in [1.807, 2.05) is 0 Å². The van der Waals surface area contributed by atoms with E-state index in [2.05, 4.69) is 5.32 Å². The van der Waals surface area contributed by atoms with Crippen LogP contribution in [0.1, 0.15) is 75.1 Å². The van der Waals surface area contributed by atoms with E-state index >= 15 is 0 Å². The lowest BCUT2D eigenvalue weighted by molar-refractivity contribution is -0.153. The van der Waals surface area contributed by atoms with E-state index in [1.54, 1.807) is 0 Å². The molecule has 8 nitrogen and oxygen atoms in total. The monoisotopic (exact) mass is 419 g/mol. The van der Waals surface area contributed by atoms with E-state index in [-0.39, 0.29) is 54.2 Å². The zero-order chi connectivity index (χ0) is 21.5. The highest BCUT2D eigenvalue weighted by molar-refractivity contribution is 5.98. The summed E-state index contributed by atoms with van der Waals surface area (Å²) in [5, 5.41) is 3.40. The van der Waals surface area contributed by atoms with Crippen LogP contribution in [0.5, 0.6) is 0 Å². The second-order valence-corrected chi connectivity index (χ2v) is 8.35. The molecule has 0 spiro atoms. The number of Topliss-reactive ketones (excluding diaryl/α,β-unsaturated/α-hetero) is 1. The second kappa shape index (κ2) is 10.7. The number of carbonyl (C=O) groups excluding carboxylic acids is 2. The minimum absolute atomic E-state index is 0.0151. The summed E-state index contributed by atoms with van der Waals surface area (Å²) in [6, 6.07) is 2.38. The maximum absolute atomic E-state index is 12.8. The van der Waals surface area contributed by atoms with Gasteiger partial charge in [0.25, 0.3) is 5.56 Å². The summed E-state index contributed by atoms with van der Waals surface area (Å²) in [7, 11) is 0. The van der Waals surface area contributed by atoms with Gasteiger partial charge in [0.1, 0.15) is 24.7 Å². The highest BCUT2D eigenvalue weighted by Crippen LogP contribution is 2.22. The fraction of sp³-hybridized carbons (Fsp3) is 0.682. The third-order valence-corrected chi connectivity index (χ3v) is 6.02. The number of carbonyl (C=O) groups is 2. The van der Waals surface area contributed by atoms with Crippen molar-refractivity contribution in [2.45, 2.75) is 89.6 Å². The van der Waals surface area contributed by atoms with E-state index in [4.69, 9.17) is 15.2 Å². The van der Waals surface area contributed by atoms with E-state index < -0.39 is 6.04 Å². The number of nitrogens with two attached hydrogens (primary N) is 1. The number of ketones is 1. The number of hydrogen-bond acceptors (Lipinski definition) is 7. The Morgan fingerprint density at radius 2 is 1.80 bits per heavy atom. The van der Waals surface area contributed by atoms with Gasteiger partial charge in [0.05, 0.1) is 12.2 Å². The number of anilines is 1. The van der Waals surface area contributed by atoms with Gasteiger partial charge in [-0.25, -0.2) is 0 Å². The number of esters is 1. The Balaban J connectivity index is 1.63. The molecule has 2 aliphatic carbocycles. The van der Waals surface area contributed by atoms with Gasteiger partial charge >= 0.3 is 5.97 Å². The Labute approximate surface area is 177 Å². The number of hydrogen-bond donors (Lipinski definition) is 2. The molecule has 1 unspecified atom stereocenters. The van der Waals surface area contributed by atoms with Crippen molar-refractivity contribution in [2.24, 2.45) is 0 Å². The minimum atomic E-state index is -0.596. The van der Waals surface area contributed by atoms with Crippen molar-refractivity contribution in [2.75, 3.05) is 12.3 Å². The van der Waals surface area contributed by atoms with Crippen molar-refractivity contribution in [3.63, 3.8) is 0 Å². The average molecular weight is 420 g/mol. The molecule has 30 heavy (non-hydrogen) atoms. The first kappa shape index (κ1) is 22.5. The first-order chi connectivity index (χ1) is 14.5. The summed E-state index contributed by atoms with van der Waals surface area (Å²) in [5.74, 6) is -0.455. The van der Waals surface area contributed by atoms with Crippen LogP contribution in [0.4, 0.5) is 5.82 Å². The quantitative estimate of drug-likeness (QED) is 0.467. The first-order valence-corrected chi connectivity index (χ1v) is 11.0. The predicted octanol–water partition coefficient (Wildman–Crippen LogP) is 2.38. The molecular weight excluding hydrogens is 386 g/mol. The number of rotatable bonds is 9. The number of nitrogens with zero attached hydrogens (tertiary/aromatic N) is 1. The first-order valence-electron chi connectivity index (χ1n) is 11.0. The summed E-state index contributed by atoms with van der Waals surface area (Å²) < 4.78 is 12.6. The van der Waals surface area contributed by atoms with Crippen molar-refractivity contribution in [1.82, 2.24) is 9.88 Å². The third kappa shape index (κ3) is 5.92. The molecule has 0 aliphatic heterocycles. The van der Waals surface area contributed by atoms with Crippen LogP contribution in [0.2, 0.25) is 0 Å². The van der Waals surface area contributed by atoms with Gasteiger partial charge in [0, 0.05) is 12.1 Å². The Kier molecular flexibility index (Phi) is 8.04.